The van der Waals surface area contributed by atoms with Gasteiger partial charge in [-0.1, -0.05) is 13.0 Å². The van der Waals surface area contributed by atoms with Gasteiger partial charge in [-0.2, -0.15) is 0 Å². The van der Waals surface area contributed by atoms with Crippen LogP contribution in [0.25, 0.3) is 0 Å². The summed E-state index contributed by atoms with van der Waals surface area (Å²) in [7, 11) is 1.48. The lowest BCUT2D eigenvalue weighted by atomic mass is 10.2. The first-order valence-electron chi connectivity index (χ1n) is 10.6. The van der Waals surface area contributed by atoms with Crippen molar-refractivity contribution in [2.45, 2.75) is 33.4 Å². The van der Waals surface area contributed by atoms with E-state index in [0.29, 0.717) is 6.54 Å². The van der Waals surface area contributed by atoms with E-state index in [9.17, 15) is 4.39 Å². The zero-order valence-electron chi connectivity index (χ0n) is 18.6. The van der Waals surface area contributed by atoms with Crippen LogP contribution in [0.2, 0.25) is 0 Å². The van der Waals surface area contributed by atoms with E-state index in [1.54, 1.807) is 18.5 Å². The molecule has 0 unspecified atom stereocenters. The van der Waals surface area contributed by atoms with Crippen molar-refractivity contribution < 1.29 is 9.13 Å². The maximum Gasteiger partial charge on any atom is 0.194 e. The molecule has 0 bridgehead atoms. The van der Waals surface area contributed by atoms with Crippen molar-refractivity contribution >= 4 is 29.9 Å². The van der Waals surface area contributed by atoms with E-state index in [-0.39, 0.29) is 35.5 Å². The molecule has 8 nitrogen and oxygen atoms in total. The summed E-state index contributed by atoms with van der Waals surface area (Å²) >= 11 is 0. The Kier molecular flexibility index (Phi) is 10.4. The van der Waals surface area contributed by atoms with Gasteiger partial charge in [0.25, 0.3) is 0 Å². The summed E-state index contributed by atoms with van der Waals surface area (Å²) < 4.78 is 21.0. The molecule has 0 radical (unpaired) electrons. The fraction of sp³-hybridized carbons (Fsp3) is 0.571. The van der Waals surface area contributed by atoms with Crippen LogP contribution < -0.4 is 10.1 Å². The topological polar surface area (TPSA) is 70.8 Å². The van der Waals surface area contributed by atoms with E-state index in [2.05, 4.69) is 43.7 Å². The minimum Gasteiger partial charge on any atom is -0.494 e. The van der Waals surface area contributed by atoms with Crippen LogP contribution in [0.4, 0.5) is 4.39 Å². The number of aromatic nitrogens is 3. The highest BCUT2D eigenvalue weighted by Crippen LogP contribution is 2.19. The number of nitrogens with zero attached hydrogens (tertiary/aromatic N) is 6. The number of guanidine groups is 1. The molecule has 0 saturated carbocycles. The maximum atomic E-state index is 13.9. The van der Waals surface area contributed by atoms with Crippen LogP contribution in [0.3, 0.4) is 0 Å². The Balaban J connectivity index is 0.00000341. The molecule has 172 valence electrons. The third kappa shape index (κ3) is 7.03. The number of piperazine rings is 1. The number of hydrogen-bond acceptors (Lipinski definition) is 5. The van der Waals surface area contributed by atoms with E-state index in [0.717, 1.165) is 69.6 Å². The smallest absolute Gasteiger partial charge is 0.194 e. The summed E-state index contributed by atoms with van der Waals surface area (Å²) in [5.41, 5.74) is 0.961. The molecule has 0 spiro atoms. The third-order valence-electron chi connectivity index (χ3n) is 5.24. The Morgan fingerprint density at radius 3 is 2.65 bits per heavy atom. The number of methoxy groups -OCH3 is 1. The lowest BCUT2D eigenvalue weighted by molar-refractivity contribution is 0.172. The molecule has 10 heteroatoms. The molecule has 2 aromatic rings. The summed E-state index contributed by atoms with van der Waals surface area (Å²) in [5, 5.41) is 11.5. The van der Waals surface area contributed by atoms with Gasteiger partial charge in [0.2, 0.25) is 0 Å². The van der Waals surface area contributed by atoms with Gasteiger partial charge in [-0.15, -0.1) is 34.2 Å². The van der Waals surface area contributed by atoms with Crippen molar-refractivity contribution in [1.82, 2.24) is 29.9 Å². The van der Waals surface area contributed by atoms with E-state index < -0.39 is 0 Å². The summed E-state index contributed by atoms with van der Waals surface area (Å²) in [5.74, 6) is 1.90. The Labute approximate surface area is 200 Å². The Morgan fingerprint density at radius 1 is 1.23 bits per heavy atom. The number of aryl methyl sites for hydroxylation is 1. The van der Waals surface area contributed by atoms with Crippen molar-refractivity contribution in [3.8, 4) is 5.75 Å². The van der Waals surface area contributed by atoms with E-state index in [4.69, 9.17) is 9.73 Å². The molecular weight excluding hydrogens is 512 g/mol. The summed E-state index contributed by atoms with van der Waals surface area (Å²) in [6.07, 6.45) is 2.63. The number of rotatable bonds is 8. The van der Waals surface area contributed by atoms with Gasteiger partial charge in [0, 0.05) is 52.2 Å². The molecule has 1 saturated heterocycles. The Hall–Kier alpha value is -1.95. The molecular formula is C21H33FIN7O. The van der Waals surface area contributed by atoms with Gasteiger partial charge in [-0.3, -0.25) is 9.89 Å². The fourth-order valence-electron chi connectivity index (χ4n) is 3.61. The maximum absolute atomic E-state index is 13.9. The lowest BCUT2D eigenvalue weighted by Crippen LogP contribution is -2.52. The second-order valence-electron chi connectivity index (χ2n) is 7.26. The van der Waals surface area contributed by atoms with Crippen LogP contribution in [0.15, 0.2) is 29.5 Å². The number of halogens is 2. The van der Waals surface area contributed by atoms with Gasteiger partial charge < -0.3 is 19.5 Å². The van der Waals surface area contributed by atoms with E-state index in [1.165, 1.54) is 7.11 Å². The van der Waals surface area contributed by atoms with E-state index >= 15 is 0 Å². The predicted molar refractivity (Wildman–Crippen MR) is 131 cm³/mol. The molecule has 1 N–H and O–H groups in total. The third-order valence-corrected chi connectivity index (χ3v) is 5.24. The van der Waals surface area contributed by atoms with Gasteiger partial charge in [0.1, 0.15) is 12.2 Å². The fourth-order valence-corrected chi connectivity index (χ4v) is 3.61. The van der Waals surface area contributed by atoms with Gasteiger partial charge in [-0.25, -0.2) is 4.39 Å². The highest BCUT2D eigenvalue weighted by Gasteiger charge is 2.20. The summed E-state index contributed by atoms with van der Waals surface area (Å²) in [6.45, 7) is 10.8. The quantitative estimate of drug-likeness (QED) is 0.312. The zero-order valence-corrected chi connectivity index (χ0v) is 20.9. The molecule has 1 aliphatic rings. The normalized spacial score (nSPS) is 15.0. The van der Waals surface area contributed by atoms with Crippen LogP contribution in [-0.2, 0) is 19.5 Å². The number of hydrogen-bond donors (Lipinski definition) is 1. The molecule has 0 aliphatic carbocycles. The second-order valence-corrected chi connectivity index (χ2v) is 7.26. The van der Waals surface area contributed by atoms with Crippen LogP contribution in [0, 0.1) is 5.82 Å². The zero-order chi connectivity index (χ0) is 21.3. The number of nitrogens with one attached hydrogen (secondary N) is 1. The van der Waals surface area contributed by atoms with Crippen LogP contribution >= 0.6 is 24.0 Å². The predicted octanol–water partition coefficient (Wildman–Crippen LogP) is 2.39. The van der Waals surface area contributed by atoms with Crippen molar-refractivity contribution in [2.75, 3.05) is 46.4 Å². The van der Waals surface area contributed by atoms with Crippen LogP contribution in [0.5, 0.6) is 5.75 Å². The molecule has 1 aliphatic heterocycles. The molecule has 1 aromatic heterocycles. The minimum atomic E-state index is -0.311. The highest BCUT2D eigenvalue weighted by molar-refractivity contribution is 14.0. The Bertz CT molecular complexity index is 837. The molecule has 0 amide bonds. The average Bonchev–Trinajstić information content (AvgIpc) is 3.21. The monoisotopic (exact) mass is 545 g/mol. The average molecular weight is 545 g/mol. The molecule has 0 atom stereocenters. The molecule has 3 rings (SSSR count). The first-order chi connectivity index (χ1) is 14.6. The molecule has 1 fully saturated rings. The van der Waals surface area contributed by atoms with Gasteiger partial charge in [0.15, 0.2) is 17.5 Å². The highest BCUT2D eigenvalue weighted by atomic mass is 127. The minimum absolute atomic E-state index is 0. The van der Waals surface area contributed by atoms with Crippen molar-refractivity contribution in [3.05, 3.63) is 41.7 Å². The SMILES string of the molecule is CCNC(=NCCn1cnnc1CC)N1CCN(Cc2ccc(OC)c(F)c2)CC1.I. The standard InChI is InChI=1S/C21H32FN7O.HI/c1-4-20-26-25-16-29(20)9-8-24-21(23-5-2)28-12-10-27(11-13-28)15-17-6-7-19(30-3)18(22)14-17;/h6-7,14,16H,4-5,8-13,15H2,1-3H3,(H,23,24);1H. The molecule has 31 heavy (non-hydrogen) atoms. The lowest BCUT2D eigenvalue weighted by Gasteiger charge is -2.36. The largest absolute Gasteiger partial charge is 0.494 e. The van der Waals surface area contributed by atoms with E-state index in [1.807, 2.05) is 6.07 Å². The molecule has 2 heterocycles. The second kappa shape index (κ2) is 12.8. The summed E-state index contributed by atoms with van der Waals surface area (Å²) in [4.78, 5) is 9.43. The van der Waals surface area contributed by atoms with Crippen molar-refractivity contribution in [2.24, 2.45) is 4.99 Å². The Morgan fingerprint density at radius 2 is 2.00 bits per heavy atom. The van der Waals surface area contributed by atoms with Crippen molar-refractivity contribution in [3.63, 3.8) is 0 Å². The van der Waals surface area contributed by atoms with Gasteiger partial charge in [-0.05, 0) is 24.6 Å². The summed E-state index contributed by atoms with van der Waals surface area (Å²) in [6, 6.07) is 5.18. The van der Waals surface area contributed by atoms with Crippen LogP contribution in [-0.4, -0.2) is 76.9 Å². The van der Waals surface area contributed by atoms with Crippen LogP contribution in [0.1, 0.15) is 25.2 Å². The first kappa shape index (κ1) is 25.3. The number of ether oxygens (including phenoxy) is 1. The first-order valence-corrected chi connectivity index (χ1v) is 10.6. The van der Waals surface area contributed by atoms with Gasteiger partial charge in [0.05, 0.1) is 13.7 Å². The number of aliphatic imine (C=N–C) groups is 1. The molecule has 1 aromatic carbocycles. The number of benzene rings is 1. The van der Waals surface area contributed by atoms with Crippen molar-refractivity contribution in [1.29, 1.82) is 0 Å². The van der Waals surface area contributed by atoms with Gasteiger partial charge >= 0.3 is 0 Å².